The first-order valence-electron chi connectivity index (χ1n) is 13.8. The molecule has 2 unspecified atom stereocenters. The first kappa shape index (κ1) is 25.1. The van der Waals surface area contributed by atoms with E-state index in [9.17, 15) is 0 Å². The quantitative estimate of drug-likeness (QED) is 0.213. The molecule has 0 amide bonds. The van der Waals surface area contributed by atoms with Crippen molar-refractivity contribution in [2.24, 2.45) is 0 Å². The smallest absolute Gasteiger partial charge is 0.178 e. The number of aryl methyl sites for hydroxylation is 2. The molecular formula is C37H33O2P. The zero-order valence-corrected chi connectivity index (χ0v) is 24.8. The molecule has 40 heavy (non-hydrogen) atoms. The lowest BCUT2D eigenvalue weighted by Gasteiger charge is -2.38. The molecule has 5 aromatic rings. The molecule has 0 N–H and O–H groups in total. The third-order valence-corrected chi connectivity index (χ3v) is 9.17. The van der Waals surface area contributed by atoms with Gasteiger partial charge in [0.05, 0.1) is 7.11 Å². The Kier molecular flexibility index (Phi) is 5.54. The van der Waals surface area contributed by atoms with E-state index in [2.05, 4.69) is 122 Å². The summed E-state index contributed by atoms with van der Waals surface area (Å²) in [5.74, 6) is 1.78. The summed E-state index contributed by atoms with van der Waals surface area (Å²) < 4.78 is 12.9. The summed E-state index contributed by atoms with van der Waals surface area (Å²) >= 11 is 0. The van der Waals surface area contributed by atoms with Crippen LogP contribution in [0.15, 0.2) is 91.0 Å². The molecule has 1 aliphatic heterocycles. The van der Waals surface area contributed by atoms with Crippen molar-refractivity contribution in [2.45, 2.75) is 38.7 Å². The minimum Gasteiger partial charge on any atom is -0.497 e. The fourth-order valence-electron chi connectivity index (χ4n) is 6.73. The third-order valence-electron chi connectivity index (χ3n) is 8.81. The van der Waals surface area contributed by atoms with Crippen LogP contribution in [0.5, 0.6) is 11.5 Å². The Morgan fingerprint density at radius 3 is 2.12 bits per heavy atom. The van der Waals surface area contributed by atoms with Crippen LogP contribution in [-0.4, -0.2) is 7.11 Å². The Labute approximate surface area is 238 Å². The maximum Gasteiger partial charge on any atom is 0.178 e. The molecule has 5 aromatic carbocycles. The van der Waals surface area contributed by atoms with Crippen molar-refractivity contribution in [1.29, 1.82) is 0 Å². The van der Waals surface area contributed by atoms with Crippen molar-refractivity contribution in [1.82, 2.24) is 0 Å². The molecule has 0 fully saturated rings. The highest BCUT2D eigenvalue weighted by molar-refractivity contribution is 7.27. The molecule has 1 aliphatic carbocycles. The summed E-state index contributed by atoms with van der Waals surface area (Å²) in [6.07, 6.45) is 4.57. The van der Waals surface area contributed by atoms with Crippen molar-refractivity contribution in [3.63, 3.8) is 0 Å². The van der Waals surface area contributed by atoms with Crippen LogP contribution in [-0.2, 0) is 11.0 Å². The van der Waals surface area contributed by atoms with Crippen molar-refractivity contribution < 1.29 is 9.47 Å². The molecule has 198 valence electrons. The molecule has 0 saturated carbocycles. The second-order valence-corrected chi connectivity index (χ2v) is 12.4. The normalized spacial score (nSPS) is 18.1. The summed E-state index contributed by atoms with van der Waals surface area (Å²) in [4.78, 5) is 0. The van der Waals surface area contributed by atoms with Crippen molar-refractivity contribution in [3.05, 3.63) is 130 Å². The SMILES string of the molecule is COc1ccc(C2(c3ccc(C)cc3)C=Cc3c4c(c5ccc(C)cc5c3O2)-c2ccc(P)cc2C4(C)C)cc1. The molecule has 7 rings (SSSR count). The largest absolute Gasteiger partial charge is 0.497 e. The van der Waals surface area contributed by atoms with E-state index in [1.165, 1.54) is 49.6 Å². The van der Waals surface area contributed by atoms with Gasteiger partial charge in [0.15, 0.2) is 5.60 Å². The number of benzene rings is 5. The number of hydrogen-bond donors (Lipinski definition) is 0. The molecule has 2 atom stereocenters. The zero-order chi connectivity index (χ0) is 27.8. The Balaban J connectivity index is 1.55. The van der Waals surface area contributed by atoms with Gasteiger partial charge < -0.3 is 9.47 Å². The molecule has 3 heteroatoms. The average molecular weight is 541 g/mol. The molecule has 0 radical (unpaired) electrons. The third kappa shape index (κ3) is 3.52. The average Bonchev–Trinajstić information content (AvgIpc) is 3.19. The highest BCUT2D eigenvalue weighted by Gasteiger charge is 2.44. The summed E-state index contributed by atoms with van der Waals surface area (Å²) in [5.41, 5.74) is 10.2. The Morgan fingerprint density at radius 1 is 0.750 bits per heavy atom. The van der Waals surface area contributed by atoms with Gasteiger partial charge in [-0.3, -0.25) is 0 Å². The minimum atomic E-state index is -0.777. The van der Waals surface area contributed by atoms with E-state index in [0.717, 1.165) is 28.0 Å². The predicted molar refractivity (Wildman–Crippen MR) is 170 cm³/mol. The van der Waals surface area contributed by atoms with Crippen LogP contribution < -0.4 is 14.8 Å². The van der Waals surface area contributed by atoms with Crippen LogP contribution in [0, 0.1) is 13.8 Å². The monoisotopic (exact) mass is 540 g/mol. The van der Waals surface area contributed by atoms with Crippen LogP contribution in [0.2, 0.25) is 0 Å². The van der Waals surface area contributed by atoms with E-state index in [0.29, 0.717) is 0 Å². The lowest BCUT2D eigenvalue weighted by atomic mass is 9.76. The van der Waals surface area contributed by atoms with E-state index < -0.39 is 5.60 Å². The van der Waals surface area contributed by atoms with Crippen LogP contribution in [0.1, 0.15) is 52.8 Å². The molecular weight excluding hydrogens is 507 g/mol. The molecule has 1 heterocycles. The Morgan fingerprint density at radius 2 is 1.43 bits per heavy atom. The van der Waals surface area contributed by atoms with Gasteiger partial charge in [-0.25, -0.2) is 0 Å². The Hall–Kier alpha value is -3.87. The Bertz CT molecular complexity index is 1850. The summed E-state index contributed by atoms with van der Waals surface area (Å²) in [6, 6.07) is 30.6. The van der Waals surface area contributed by atoms with Gasteiger partial charge in [-0.1, -0.05) is 97.8 Å². The number of fused-ring (bicyclic) bond motifs is 8. The van der Waals surface area contributed by atoms with Crippen molar-refractivity contribution in [3.8, 4) is 22.6 Å². The maximum absolute atomic E-state index is 7.38. The van der Waals surface area contributed by atoms with Gasteiger partial charge in [-0.15, -0.1) is 9.24 Å². The van der Waals surface area contributed by atoms with Crippen LogP contribution in [0.25, 0.3) is 28.0 Å². The first-order valence-corrected chi connectivity index (χ1v) is 14.4. The summed E-state index contributed by atoms with van der Waals surface area (Å²) in [5, 5.41) is 3.60. The van der Waals surface area contributed by atoms with Gasteiger partial charge in [0.1, 0.15) is 11.5 Å². The fraction of sp³-hybridized carbons (Fsp3) is 0.189. The zero-order valence-electron chi connectivity index (χ0n) is 23.6. The molecule has 0 aromatic heterocycles. The highest BCUT2D eigenvalue weighted by Crippen LogP contribution is 2.58. The van der Waals surface area contributed by atoms with E-state index in [4.69, 9.17) is 9.47 Å². The molecule has 2 aliphatic rings. The second-order valence-electron chi connectivity index (χ2n) is 11.7. The lowest BCUT2D eigenvalue weighted by molar-refractivity contribution is 0.163. The maximum atomic E-state index is 7.38. The van der Waals surface area contributed by atoms with Gasteiger partial charge >= 0.3 is 0 Å². The van der Waals surface area contributed by atoms with E-state index in [1.807, 2.05) is 12.1 Å². The van der Waals surface area contributed by atoms with Crippen LogP contribution in [0.4, 0.5) is 0 Å². The van der Waals surface area contributed by atoms with Crippen molar-refractivity contribution >= 4 is 31.4 Å². The van der Waals surface area contributed by atoms with E-state index in [1.54, 1.807) is 7.11 Å². The van der Waals surface area contributed by atoms with Gasteiger partial charge in [-0.05, 0) is 71.1 Å². The summed E-state index contributed by atoms with van der Waals surface area (Å²) in [7, 11) is 4.57. The van der Waals surface area contributed by atoms with Gasteiger partial charge in [0.25, 0.3) is 0 Å². The molecule has 0 saturated heterocycles. The second kappa shape index (κ2) is 8.82. The van der Waals surface area contributed by atoms with Crippen LogP contribution >= 0.6 is 9.24 Å². The number of rotatable bonds is 3. The number of hydrogen-bond acceptors (Lipinski definition) is 2. The van der Waals surface area contributed by atoms with Crippen LogP contribution in [0.3, 0.4) is 0 Å². The first-order chi connectivity index (χ1) is 19.2. The standard InChI is InChI=1S/C37H33O2P/c1-22-6-9-24(10-7-22)37(25-11-13-26(38-5)14-12-25)19-18-30-34-33(28-16-8-23(2)20-31(28)35(30)39-37)29-17-15-27(40)21-32(29)36(34,3)4/h6-21H,40H2,1-5H3. The summed E-state index contributed by atoms with van der Waals surface area (Å²) in [6.45, 7) is 8.98. The molecule has 2 nitrogen and oxygen atoms in total. The topological polar surface area (TPSA) is 18.5 Å². The predicted octanol–water partition coefficient (Wildman–Crippen LogP) is 8.62. The van der Waals surface area contributed by atoms with E-state index >= 15 is 0 Å². The van der Waals surface area contributed by atoms with Gasteiger partial charge in [0, 0.05) is 27.5 Å². The van der Waals surface area contributed by atoms with Gasteiger partial charge in [-0.2, -0.15) is 0 Å². The highest BCUT2D eigenvalue weighted by atomic mass is 31.0. The molecule has 0 bridgehead atoms. The number of ether oxygens (including phenoxy) is 2. The minimum absolute atomic E-state index is 0.169. The van der Waals surface area contributed by atoms with Crippen molar-refractivity contribution in [2.75, 3.05) is 7.11 Å². The van der Waals surface area contributed by atoms with E-state index in [-0.39, 0.29) is 5.41 Å². The van der Waals surface area contributed by atoms with Gasteiger partial charge in [0.2, 0.25) is 0 Å². The fourth-order valence-corrected chi connectivity index (χ4v) is 7.00. The lowest BCUT2D eigenvalue weighted by Crippen LogP contribution is -2.35. The number of methoxy groups -OCH3 is 1. The molecule has 0 spiro atoms.